The predicted molar refractivity (Wildman–Crippen MR) is 95.4 cm³/mol. The van der Waals surface area contributed by atoms with Gasteiger partial charge >= 0.3 is 6.18 Å². The van der Waals surface area contributed by atoms with Crippen LogP contribution in [0.5, 0.6) is 0 Å². The van der Waals surface area contributed by atoms with Crippen molar-refractivity contribution in [3.8, 4) is 0 Å². The number of halogens is 3. The molecule has 0 aromatic carbocycles. The second kappa shape index (κ2) is 8.37. The molecular formula is C19H22F3N3O2. The fourth-order valence-electron chi connectivity index (χ4n) is 2.59. The van der Waals surface area contributed by atoms with Crippen LogP contribution in [0.4, 0.5) is 13.2 Å². The van der Waals surface area contributed by atoms with Crippen molar-refractivity contribution < 1.29 is 18.0 Å². The van der Waals surface area contributed by atoms with Gasteiger partial charge in [-0.05, 0) is 43.0 Å². The van der Waals surface area contributed by atoms with Crippen LogP contribution in [-0.4, -0.2) is 21.6 Å². The average Bonchev–Trinajstić information content (AvgIpc) is 2.58. The third kappa shape index (κ3) is 5.18. The van der Waals surface area contributed by atoms with Crippen LogP contribution in [0, 0.1) is 12.8 Å². The Hall–Kier alpha value is -2.64. The predicted octanol–water partition coefficient (Wildman–Crippen LogP) is 3.63. The Bertz CT molecular complexity index is 846. The highest BCUT2D eigenvalue weighted by atomic mass is 19.4. The first-order valence-corrected chi connectivity index (χ1v) is 8.59. The van der Waals surface area contributed by atoms with Crippen molar-refractivity contribution in [3.63, 3.8) is 0 Å². The molecule has 2 heterocycles. The Balaban J connectivity index is 2.36. The number of carbonyl (C=O) groups is 1. The van der Waals surface area contributed by atoms with Gasteiger partial charge in [0.2, 0.25) is 0 Å². The maximum absolute atomic E-state index is 13.4. The van der Waals surface area contributed by atoms with Crippen LogP contribution in [0.1, 0.15) is 47.9 Å². The summed E-state index contributed by atoms with van der Waals surface area (Å²) in [5.41, 5.74) is -0.908. The molecule has 0 bridgehead atoms. The van der Waals surface area contributed by atoms with E-state index in [0.29, 0.717) is 24.4 Å². The number of hydrogen-bond donors (Lipinski definition) is 1. The number of pyridine rings is 2. The van der Waals surface area contributed by atoms with Gasteiger partial charge in [0.25, 0.3) is 11.5 Å². The molecule has 0 fully saturated rings. The number of nitrogens with one attached hydrogen (secondary N) is 1. The van der Waals surface area contributed by atoms with E-state index in [4.69, 9.17) is 0 Å². The molecule has 5 nitrogen and oxygen atoms in total. The molecule has 0 aliphatic rings. The Morgan fingerprint density at radius 2 is 1.96 bits per heavy atom. The molecule has 0 radical (unpaired) electrons. The SMILES string of the molecule is Cc1ccn(CCC(C)C)c(=O)c1C(=O)NC(c1ccccn1)C(F)(F)F. The maximum Gasteiger partial charge on any atom is 0.414 e. The standard InChI is InChI=1S/C19H22F3N3O2/c1-12(2)7-10-25-11-8-13(3)15(18(25)27)17(26)24-16(19(20,21)22)14-6-4-5-9-23-14/h4-6,8-9,11-12,16H,7,10H2,1-3H3,(H,24,26). The number of aromatic nitrogens is 2. The molecule has 2 rings (SSSR count). The summed E-state index contributed by atoms with van der Waals surface area (Å²) in [4.78, 5) is 28.9. The largest absolute Gasteiger partial charge is 0.414 e. The molecule has 2 aromatic rings. The first-order valence-electron chi connectivity index (χ1n) is 8.59. The summed E-state index contributed by atoms with van der Waals surface area (Å²) in [6, 6.07) is 3.32. The molecule has 0 aliphatic carbocycles. The van der Waals surface area contributed by atoms with E-state index in [1.807, 2.05) is 19.2 Å². The first-order chi connectivity index (χ1) is 12.6. The topological polar surface area (TPSA) is 64.0 Å². The second-order valence-electron chi connectivity index (χ2n) is 6.76. The Morgan fingerprint density at radius 3 is 2.52 bits per heavy atom. The van der Waals surface area contributed by atoms with E-state index in [1.54, 1.807) is 12.3 Å². The van der Waals surface area contributed by atoms with Crippen molar-refractivity contribution in [1.29, 1.82) is 0 Å². The highest BCUT2D eigenvalue weighted by Crippen LogP contribution is 2.31. The van der Waals surface area contributed by atoms with Crippen LogP contribution >= 0.6 is 0 Å². The van der Waals surface area contributed by atoms with E-state index in [1.165, 1.54) is 35.9 Å². The lowest BCUT2D eigenvalue weighted by Crippen LogP contribution is -2.41. The van der Waals surface area contributed by atoms with Gasteiger partial charge in [0.15, 0.2) is 6.04 Å². The van der Waals surface area contributed by atoms with Gasteiger partial charge in [-0.2, -0.15) is 13.2 Å². The lowest BCUT2D eigenvalue weighted by molar-refractivity contribution is -0.156. The van der Waals surface area contributed by atoms with Gasteiger partial charge in [-0.15, -0.1) is 0 Å². The maximum atomic E-state index is 13.4. The fraction of sp³-hybridized carbons (Fsp3) is 0.421. The van der Waals surface area contributed by atoms with Crippen LogP contribution < -0.4 is 10.9 Å². The van der Waals surface area contributed by atoms with Crippen LogP contribution in [0.3, 0.4) is 0 Å². The monoisotopic (exact) mass is 381 g/mol. The first kappa shape index (κ1) is 20.7. The minimum atomic E-state index is -4.75. The van der Waals surface area contributed by atoms with Crippen molar-refractivity contribution in [2.24, 2.45) is 5.92 Å². The normalized spacial score (nSPS) is 12.9. The van der Waals surface area contributed by atoms with Gasteiger partial charge in [0, 0.05) is 18.9 Å². The molecule has 146 valence electrons. The summed E-state index contributed by atoms with van der Waals surface area (Å²) in [5, 5.41) is 1.92. The van der Waals surface area contributed by atoms with Crippen LogP contribution in [0.15, 0.2) is 41.5 Å². The molecule has 1 amide bonds. The molecule has 27 heavy (non-hydrogen) atoms. The molecule has 0 saturated carbocycles. The quantitative estimate of drug-likeness (QED) is 0.831. The average molecular weight is 381 g/mol. The Morgan fingerprint density at radius 1 is 1.26 bits per heavy atom. The van der Waals surface area contributed by atoms with Gasteiger partial charge in [-0.3, -0.25) is 14.6 Å². The number of alkyl halides is 3. The van der Waals surface area contributed by atoms with Crippen molar-refractivity contribution in [3.05, 3.63) is 63.8 Å². The molecule has 2 aromatic heterocycles. The van der Waals surface area contributed by atoms with Crippen LogP contribution in [0.2, 0.25) is 0 Å². The van der Waals surface area contributed by atoms with E-state index in [0.717, 1.165) is 0 Å². The summed E-state index contributed by atoms with van der Waals surface area (Å²) in [6.07, 6.45) is -1.27. The second-order valence-corrected chi connectivity index (χ2v) is 6.76. The zero-order valence-corrected chi connectivity index (χ0v) is 15.4. The minimum absolute atomic E-state index is 0.286. The van der Waals surface area contributed by atoms with E-state index in [2.05, 4.69) is 4.98 Å². The van der Waals surface area contributed by atoms with Gasteiger partial charge < -0.3 is 9.88 Å². The number of amides is 1. The number of hydrogen-bond acceptors (Lipinski definition) is 3. The van der Waals surface area contributed by atoms with Crippen LogP contribution in [-0.2, 0) is 6.54 Å². The third-order valence-corrected chi connectivity index (χ3v) is 4.13. The Labute approximate surface area is 155 Å². The van der Waals surface area contributed by atoms with Gasteiger partial charge in [0.05, 0.1) is 5.69 Å². The summed E-state index contributed by atoms with van der Waals surface area (Å²) >= 11 is 0. The molecule has 1 atom stereocenters. The number of nitrogens with zero attached hydrogens (tertiary/aromatic N) is 2. The third-order valence-electron chi connectivity index (χ3n) is 4.13. The molecule has 0 aliphatic heterocycles. The van der Waals surface area contributed by atoms with E-state index in [-0.39, 0.29) is 11.3 Å². The number of aryl methyl sites for hydroxylation is 2. The minimum Gasteiger partial charge on any atom is -0.335 e. The summed E-state index contributed by atoms with van der Waals surface area (Å²) < 4.78 is 41.7. The molecule has 8 heteroatoms. The summed E-state index contributed by atoms with van der Waals surface area (Å²) in [5.74, 6) is -0.724. The van der Waals surface area contributed by atoms with Gasteiger partial charge in [-0.25, -0.2) is 0 Å². The van der Waals surface area contributed by atoms with E-state index < -0.39 is 23.7 Å². The molecular weight excluding hydrogens is 359 g/mol. The summed E-state index contributed by atoms with van der Waals surface area (Å²) in [6.45, 7) is 5.90. The smallest absolute Gasteiger partial charge is 0.335 e. The lowest BCUT2D eigenvalue weighted by atomic mass is 10.1. The van der Waals surface area contributed by atoms with Crippen molar-refractivity contribution in [2.45, 2.75) is 46.0 Å². The fourth-order valence-corrected chi connectivity index (χ4v) is 2.59. The van der Waals surface area contributed by atoms with Gasteiger partial charge in [-0.1, -0.05) is 19.9 Å². The van der Waals surface area contributed by atoms with Gasteiger partial charge in [0.1, 0.15) is 5.56 Å². The highest BCUT2D eigenvalue weighted by Gasteiger charge is 2.43. The van der Waals surface area contributed by atoms with Crippen molar-refractivity contribution >= 4 is 5.91 Å². The summed E-state index contributed by atoms with van der Waals surface area (Å²) in [7, 11) is 0. The molecule has 1 N–H and O–H groups in total. The number of carbonyl (C=O) groups excluding carboxylic acids is 1. The Kier molecular flexibility index (Phi) is 6.41. The van der Waals surface area contributed by atoms with E-state index >= 15 is 0 Å². The molecule has 1 unspecified atom stereocenters. The van der Waals surface area contributed by atoms with Crippen molar-refractivity contribution in [1.82, 2.24) is 14.9 Å². The number of rotatable bonds is 6. The van der Waals surface area contributed by atoms with Crippen LogP contribution in [0.25, 0.3) is 0 Å². The molecule has 0 spiro atoms. The van der Waals surface area contributed by atoms with E-state index in [9.17, 15) is 22.8 Å². The highest BCUT2D eigenvalue weighted by molar-refractivity contribution is 5.95. The van der Waals surface area contributed by atoms with Crippen molar-refractivity contribution in [2.75, 3.05) is 0 Å². The zero-order chi connectivity index (χ0) is 20.2. The lowest BCUT2D eigenvalue weighted by Gasteiger charge is -2.21. The zero-order valence-electron chi connectivity index (χ0n) is 15.4. The molecule has 0 saturated heterocycles.